The number of oxazole rings is 1. The molecule has 2 aromatic rings. The molecule has 118 valence electrons. The van der Waals surface area contributed by atoms with Gasteiger partial charge in [0.1, 0.15) is 0 Å². The molecule has 1 aliphatic carbocycles. The monoisotopic (exact) mass is 319 g/mol. The molecule has 0 spiro atoms. The lowest BCUT2D eigenvalue weighted by atomic mass is 9.87. The summed E-state index contributed by atoms with van der Waals surface area (Å²) in [4.78, 5) is 20.6. The van der Waals surface area contributed by atoms with Crippen molar-refractivity contribution in [3.05, 3.63) is 33.9 Å². The molecule has 1 fully saturated rings. The highest BCUT2D eigenvalue weighted by molar-refractivity contribution is 7.09. The molecule has 0 aliphatic heterocycles. The molecular formula is C16H21N3O2S. The fourth-order valence-corrected chi connectivity index (χ4v) is 3.79. The van der Waals surface area contributed by atoms with Gasteiger partial charge in [-0.25, -0.2) is 9.97 Å². The van der Waals surface area contributed by atoms with Crippen LogP contribution in [0.5, 0.6) is 0 Å². The molecule has 3 rings (SSSR count). The summed E-state index contributed by atoms with van der Waals surface area (Å²) in [6, 6.07) is 0. The van der Waals surface area contributed by atoms with Gasteiger partial charge in [-0.2, -0.15) is 0 Å². The topological polar surface area (TPSA) is 68.0 Å². The predicted octanol–water partition coefficient (Wildman–Crippen LogP) is 3.46. The lowest BCUT2D eigenvalue weighted by molar-refractivity contribution is 0.0925. The van der Waals surface area contributed by atoms with Crippen molar-refractivity contribution in [1.82, 2.24) is 15.3 Å². The Hall–Kier alpha value is -1.69. The summed E-state index contributed by atoms with van der Waals surface area (Å²) in [7, 11) is 0. The molecule has 2 aromatic heterocycles. The Labute approximate surface area is 134 Å². The molecule has 1 aliphatic rings. The molecule has 1 N–H and O–H groups in total. The van der Waals surface area contributed by atoms with Crippen LogP contribution in [0, 0.1) is 6.92 Å². The van der Waals surface area contributed by atoms with E-state index in [2.05, 4.69) is 15.7 Å². The van der Waals surface area contributed by atoms with Crippen LogP contribution in [-0.2, 0) is 6.42 Å². The van der Waals surface area contributed by atoms with Crippen LogP contribution in [0.25, 0.3) is 0 Å². The Balaban J connectivity index is 1.49. The zero-order chi connectivity index (χ0) is 15.4. The molecule has 0 atom stereocenters. The molecule has 0 radical (unpaired) electrons. The van der Waals surface area contributed by atoms with Gasteiger partial charge in [0.25, 0.3) is 5.91 Å². The lowest BCUT2D eigenvalue weighted by Gasteiger charge is -2.19. The lowest BCUT2D eigenvalue weighted by Crippen LogP contribution is -2.25. The first-order valence-electron chi connectivity index (χ1n) is 7.86. The highest BCUT2D eigenvalue weighted by atomic mass is 32.1. The van der Waals surface area contributed by atoms with E-state index in [1.165, 1.54) is 44.2 Å². The number of nitrogens with zero attached hydrogens (tertiary/aromatic N) is 2. The standard InChI is InChI=1S/C16H21N3O2S/c1-11-15(21-10-18-11)16(20)17-8-7-14-19-13(9-22-14)12-5-3-2-4-6-12/h9-10,12H,2-8H2,1H3,(H,17,20). The number of amides is 1. The van der Waals surface area contributed by atoms with Gasteiger partial charge in [-0.1, -0.05) is 19.3 Å². The SMILES string of the molecule is Cc1ncoc1C(=O)NCCc1nc(C2CCCCC2)cs1. The van der Waals surface area contributed by atoms with E-state index in [0.717, 1.165) is 11.4 Å². The Morgan fingerprint density at radius 3 is 2.95 bits per heavy atom. The number of hydrogen-bond acceptors (Lipinski definition) is 5. The Kier molecular flexibility index (Phi) is 4.87. The summed E-state index contributed by atoms with van der Waals surface area (Å²) in [5.74, 6) is 0.728. The maximum atomic E-state index is 11.9. The minimum atomic E-state index is -0.209. The molecule has 1 amide bonds. The third-order valence-electron chi connectivity index (χ3n) is 4.17. The van der Waals surface area contributed by atoms with Gasteiger partial charge in [0.15, 0.2) is 6.39 Å². The number of hydrogen-bond donors (Lipinski definition) is 1. The van der Waals surface area contributed by atoms with Crippen LogP contribution in [0.1, 0.15) is 65.0 Å². The minimum absolute atomic E-state index is 0.209. The minimum Gasteiger partial charge on any atom is -0.438 e. The maximum absolute atomic E-state index is 11.9. The summed E-state index contributed by atoms with van der Waals surface area (Å²) in [6.07, 6.45) is 8.60. The molecule has 2 heterocycles. The van der Waals surface area contributed by atoms with E-state index in [1.54, 1.807) is 18.3 Å². The maximum Gasteiger partial charge on any atom is 0.289 e. The van der Waals surface area contributed by atoms with Gasteiger partial charge in [0.05, 0.1) is 16.4 Å². The first-order chi connectivity index (χ1) is 10.7. The molecule has 0 aromatic carbocycles. The van der Waals surface area contributed by atoms with Crippen molar-refractivity contribution in [2.24, 2.45) is 0 Å². The van der Waals surface area contributed by atoms with E-state index in [4.69, 9.17) is 9.40 Å². The van der Waals surface area contributed by atoms with Crippen molar-refractivity contribution < 1.29 is 9.21 Å². The molecule has 0 saturated heterocycles. The van der Waals surface area contributed by atoms with Crippen molar-refractivity contribution in [3.8, 4) is 0 Å². The second kappa shape index (κ2) is 7.05. The number of aryl methyl sites for hydroxylation is 1. The Morgan fingerprint density at radius 2 is 2.23 bits per heavy atom. The number of aromatic nitrogens is 2. The average molecular weight is 319 g/mol. The zero-order valence-electron chi connectivity index (χ0n) is 12.8. The highest BCUT2D eigenvalue weighted by Gasteiger charge is 2.18. The zero-order valence-corrected chi connectivity index (χ0v) is 13.6. The first-order valence-corrected chi connectivity index (χ1v) is 8.74. The van der Waals surface area contributed by atoms with E-state index in [0.29, 0.717) is 23.9 Å². The molecule has 1 saturated carbocycles. The van der Waals surface area contributed by atoms with Crippen LogP contribution < -0.4 is 5.32 Å². The van der Waals surface area contributed by atoms with Crippen molar-refractivity contribution in [2.75, 3.05) is 6.54 Å². The van der Waals surface area contributed by atoms with E-state index in [1.807, 2.05) is 0 Å². The Morgan fingerprint density at radius 1 is 1.41 bits per heavy atom. The van der Waals surface area contributed by atoms with Gasteiger partial charge < -0.3 is 9.73 Å². The molecule has 5 nitrogen and oxygen atoms in total. The highest BCUT2D eigenvalue weighted by Crippen LogP contribution is 2.33. The number of carbonyl (C=O) groups excluding carboxylic acids is 1. The van der Waals surface area contributed by atoms with Crippen LogP contribution in [0.4, 0.5) is 0 Å². The van der Waals surface area contributed by atoms with Gasteiger partial charge in [0, 0.05) is 24.3 Å². The number of rotatable bonds is 5. The van der Waals surface area contributed by atoms with Crippen molar-refractivity contribution in [2.45, 2.75) is 51.4 Å². The largest absolute Gasteiger partial charge is 0.438 e. The fourth-order valence-electron chi connectivity index (χ4n) is 2.91. The molecule has 0 bridgehead atoms. The van der Waals surface area contributed by atoms with E-state index < -0.39 is 0 Å². The van der Waals surface area contributed by atoms with Crippen LogP contribution in [0.2, 0.25) is 0 Å². The normalized spacial score (nSPS) is 15.9. The quantitative estimate of drug-likeness (QED) is 0.916. The third kappa shape index (κ3) is 3.55. The first kappa shape index (κ1) is 15.2. The summed E-state index contributed by atoms with van der Waals surface area (Å²) in [5.41, 5.74) is 1.86. The smallest absolute Gasteiger partial charge is 0.289 e. The van der Waals surface area contributed by atoms with Gasteiger partial charge in [-0.15, -0.1) is 11.3 Å². The van der Waals surface area contributed by atoms with Crippen LogP contribution in [0.15, 0.2) is 16.2 Å². The van der Waals surface area contributed by atoms with Gasteiger partial charge in [-0.05, 0) is 19.8 Å². The van der Waals surface area contributed by atoms with Crippen LogP contribution in [0.3, 0.4) is 0 Å². The van der Waals surface area contributed by atoms with Crippen molar-refractivity contribution in [3.63, 3.8) is 0 Å². The van der Waals surface area contributed by atoms with E-state index in [-0.39, 0.29) is 5.91 Å². The van der Waals surface area contributed by atoms with Crippen molar-refractivity contribution >= 4 is 17.2 Å². The summed E-state index contributed by atoms with van der Waals surface area (Å²) in [6.45, 7) is 2.33. The number of carbonyl (C=O) groups is 1. The van der Waals surface area contributed by atoms with Crippen molar-refractivity contribution in [1.29, 1.82) is 0 Å². The van der Waals surface area contributed by atoms with Crippen LogP contribution >= 0.6 is 11.3 Å². The third-order valence-corrected chi connectivity index (χ3v) is 5.10. The number of nitrogens with one attached hydrogen (secondary N) is 1. The average Bonchev–Trinajstić information content (AvgIpc) is 3.17. The summed E-state index contributed by atoms with van der Waals surface area (Å²) in [5, 5.41) is 6.14. The van der Waals surface area contributed by atoms with Gasteiger partial charge in [-0.3, -0.25) is 4.79 Å². The summed E-state index contributed by atoms with van der Waals surface area (Å²) >= 11 is 1.70. The summed E-state index contributed by atoms with van der Waals surface area (Å²) < 4.78 is 5.08. The second-order valence-corrected chi connectivity index (χ2v) is 6.72. The van der Waals surface area contributed by atoms with E-state index >= 15 is 0 Å². The fraction of sp³-hybridized carbons (Fsp3) is 0.562. The molecule has 22 heavy (non-hydrogen) atoms. The van der Waals surface area contributed by atoms with Crippen LogP contribution in [-0.4, -0.2) is 22.4 Å². The molecule has 6 heteroatoms. The second-order valence-electron chi connectivity index (χ2n) is 5.77. The Bertz CT molecular complexity index is 629. The van der Waals surface area contributed by atoms with Gasteiger partial charge >= 0.3 is 0 Å². The number of thiazole rings is 1. The molecular weight excluding hydrogens is 298 g/mol. The van der Waals surface area contributed by atoms with Gasteiger partial charge in [0.2, 0.25) is 5.76 Å². The molecule has 0 unspecified atom stereocenters. The van der Waals surface area contributed by atoms with E-state index in [9.17, 15) is 4.79 Å². The predicted molar refractivity (Wildman–Crippen MR) is 85.2 cm³/mol.